The molecule has 4 bridgehead atoms. The number of nitrogens with zero attached hydrogens (tertiary/aromatic N) is 4. The maximum atomic E-state index is 14.4. The number of sulfonamides is 1. The molecule has 0 radical (unpaired) electrons. The van der Waals surface area contributed by atoms with Crippen molar-refractivity contribution in [2.24, 2.45) is 5.41 Å². The summed E-state index contributed by atoms with van der Waals surface area (Å²) in [5.41, 5.74) is 3.42. The van der Waals surface area contributed by atoms with Gasteiger partial charge in [0.2, 0.25) is 11.8 Å². The van der Waals surface area contributed by atoms with E-state index in [4.69, 9.17) is 9.47 Å². The average Bonchev–Trinajstić information content (AvgIpc) is 3.36. The number of anilines is 1. The third-order valence-electron chi connectivity index (χ3n) is 8.67. The quantitative estimate of drug-likeness (QED) is 0.416. The van der Waals surface area contributed by atoms with Crippen LogP contribution in [-0.2, 0) is 14.8 Å². The Morgan fingerprint density at radius 3 is 2.33 bits per heavy atom. The lowest BCUT2D eigenvalue weighted by atomic mass is 9.81. The van der Waals surface area contributed by atoms with Crippen molar-refractivity contribution >= 4 is 28.0 Å². The maximum Gasteiger partial charge on any atom is 0.410 e. The number of benzene rings is 2. The van der Waals surface area contributed by atoms with Crippen molar-refractivity contribution in [3.63, 3.8) is 0 Å². The lowest BCUT2D eigenvalue weighted by Gasteiger charge is -2.49. The van der Waals surface area contributed by atoms with E-state index in [-0.39, 0.29) is 64.4 Å². The molecule has 1 saturated heterocycles. The lowest BCUT2D eigenvalue weighted by molar-refractivity contribution is 0.00317. The first-order valence-corrected chi connectivity index (χ1v) is 16.7. The fourth-order valence-electron chi connectivity index (χ4n) is 6.55. The van der Waals surface area contributed by atoms with Crippen molar-refractivity contribution in [1.29, 1.82) is 0 Å². The third-order valence-corrected chi connectivity index (χ3v) is 10.00. The largest absolute Gasteiger partial charge is 0.475 e. The summed E-state index contributed by atoms with van der Waals surface area (Å²) < 4.78 is 41.3. The average molecular weight is 634 g/mol. The highest BCUT2D eigenvalue weighted by Gasteiger charge is 2.45. The number of hydrogen-bond donors (Lipinski definition) is 1. The van der Waals surface area contributed by atoms with Gasteiger partial charge < -0.3 is 19.3 Å². The van der Waals surface area contributed by atoms with Crippen molar-refractivity contribution in [2.75, 3.05) is 24.5 Å². The van der Waals surface area contributed by atoms with Crippen LogP contribution in [0.5, 0.6) is 5.88 Å². The summed E-state index contributed by atoms with van der Waals surface area (Å²) in [6.07, 6.45) is 1.47. The number of aryl methyl sites for hydroxylation is 2. The molecule has 12 heteroatoms. The fraction of sp³-hybridized carbons (Fsp3) is 0.455. The smallest absolute Gasteiger partial charge is 0.410 e. The van der Waals surface area contributed by atoms with Crippen molar-refractivity contribution in [1.82, 2.24) is 19.8 Å². The van der Waals surface area contributed by atoms with Gasteiger partial charge in [0.1, 0.15) is 13.2 Å². The molecule has 238 valence electrons. The summed E-state index contributed by atoms with van der Waals surface area (Å²) in [5, 5.41) is 0. The topological polar surface area (TPSA) is 131 Å². The van der Waals surface area contributed by atoms with Crippen molar-refractivity contribution in [3.8, 4) is 17.1 Å². The predicted molar refractivity (Wildman–Crippen MR) is 169 cm³/mol. The zero-order valence-corrected chi connectivity index (χ0v) is 27.1. The molecule has 2 aliphatic heterocycles. The molecule has 45 heavy (non-hydrogen) atoms. The van der Waals surface area contributed by atoms with Crippen LogP contribution in [0.2, 0.25) is 0 Å². The van der Waals surface area contributed by atoms with Crippen LogP contribution in [-0.4, -0.2) is 78.1 Å². The van der Waals surface area contributed by atoms with Crippen molar-refractivity contribution in [2.45, 2.75) is 76.9 Å². The minimum atomic E-state index is -4.16. The number of amides is 2. The van der Waals surface area contributed by atoms with Gasteiger partial charge in [-0.2, -0.15) is 4.98 Å². The van der Waals surface area contributed by atoms with Crippen LogP contribution in [0.25, 0.3) is 11.3 Å². The van der Waals surface area contributed by atoms with E-state index in [1.807, 2.05) is 36.9 Å². The van der Waals surface area contributed by atoms with Gasteiger partial charge in [-0.1, -0.05) is 45.0 Å². The monoisotopic (exact) mass is 633 g/mol. The van der Waals surface area contributed by atoms with Gasteiger partial charge in [0, 0.05) is 29.3 Å². The standard InChI is InChI=1S/C33H39N5O6S/c1-20-8-6-9-21(2)29(20)27-17-28-35-31(34-27)36-45(41,42)26-11-7-10-22(14-26)30(39)38(25(19-44-28)18-33(3,4)5)24-15-23(16-24)37-12-13-43-32(37)40/h6-11,14,17,23-25H,12-13,15-16,18-19H2,1-5H3,(H,34,35,36)/t23?,24?,25-/m1/s1. The summed E-state index contributed by atoms with van der Waals surface area (Å²) in [6.45, 7) is 11.3. The molecular formula is C33H39N5O6S. The van der Waals surface area contributed by atoms with Crippen molar-refractivity contribution in [3.05, 3.63) is 65.2 Å². The van der Waals surface area contributed by atoms with Crippen LogP contribution in [0.1, 0.15) is 61.5 Å². The van der Waals surface area contributed by atoms with Crippen LogP contribution in [0.3, 0.4) is 0 Å². The van der Waals surface area contributed by atoms with Crippen LogP contribution < -0.4 is 9.46 Å². The first kappa shape index (κ1) is 30.8. The van der Waals surface area contributed by atoms with Crippen LogP contribution in [0, 0.1) is 19.3 Å². The fourth-order valence-corrected chi connectivity index (χ4v) is 7.54. The molecule has 1 saturated carbocycles. The first-order chi connectivity index (χ1) is 21.3. The van der Waals surface area contributed by atoms with E-state index in [0.29, 0.717) is 38.1 Å². The van der Waals surface area contributed by atoms with Crippen LogP contribution >= 0.6 is 0 Å². The summed E-state index contributed by atoms with van der Waals surface area (Å²) in [6, 6.07) is 13.1. The van der Waals surface area contributed by atoms with E-state index in [1.165, 1.54) is 12.1 Å². The van der Waals surface area contributed by atoms with E-state index < -0.39 is 10.0 Å². The van der Waals surface area contributed by atoms with E-state index in [1.54, 1.807) is 23.1 Å². The second-order valence-electron chi connectivity index (χ2n) is 13.3. The molecule has 1 aliphatic carbocycles. The number of hydrogen-bond acceptors (Lipinski definition) is 8. The highest BCUT2D eigenvalue weighted by molar-refractivity contribution is 7.92. The third kappa shape index (κ3) is 6.33. The Morgan fingerprint density at radius 2 is 1.67 bits per heavy atom. The van der Waals surface area contributed by atoms with Gasteiger partial charge in [-0.15, -0.1) is 0 Å². The molecule has 3 aromatic rings. The number of fused-ring (bicyclic) bond motifs is 4. The first-order valence-electron chi connectivity index (χ1n) is 15.3. The van der Waals surface area contributed by atoms with Gasteiger partial charge in [-0.3, -0.25) is 4.79 Å². The number of nitrogens with one attached hydrogen (secondary N) is 1. The molecule has 3 aliphatic rings. The minimum absolute atomic E-state index is 0.0289. The molecule has 0 spiro atoms. The Kier molecular flexibility index (Phi) is 7.96. The summed E-state index contributed by atoms with van der Waals surface area (Å²) in [7, 11) is -4.16. The number of cyclic esters (lactones) is 1. The number of aromatic nitrogens is 2. The highest BCUT2D eigenvalue weighted by atomic mass is 32.2. The Bertz CT molecular complexity index is 1730. The molecular weight excluding hydrogens is 594 g/mol. The van der Waals surface area contributed by atoms with Gasteiger partial charge in [0.05, 0.1) is 23.2 Å². The number of carbonyl (C=O) groups excluding carboxylic acids is 2. The Balaban J connectivity index is 1.44. The molecule has 1 atom stereocenters. The molecule has 6 rings (SSSR count). The SMILES string of the molecule is Cc1cccc(C)c1-c1cc2nc(n1)NS(=O)(=O)c1cccc(c1)C(=O)N(C1CC(N3CCOC3=O)C1)[C@H](CC(C)(C)C)CO2. The zero-order chi connectivity index (χ0) is 32.1. The molecule has 3 heterocycles. The summed E-state index contributed by atoms with van der Waals surface area (Å²) in [5.74, 6) is -0.209. The molecule has 11 nitrogen and oxygen atoms in total. The highest BCUT2D eigenvalue weighted by Crippen LogP contribution is 2.37. The van der Waals surface area contributed by atoms with E-state index in [0.717, 1.165) is 16.7 Å². The Hall–Kier alpha value is -4.19. The molecule has 2 fully saturated rings. The zero-order valence-electron chi connectivity index (χ0n) is 26.2. The summed E-state index contributed by atoms with van der Waals surface area (Å²) in [4.78, 5) is 39.2. The van der Waals surface area contributed by atoms with E-state index >= 15 is 0 Å². The van der Waals surface area contributed by atoms with Gasteiger partial charge in [-0.05, 0) is 67.9 Å². The van der Waals surface area contributed by atoms with Crippen LogP contribution in [0.15, 0.2) is 53.4 Å². The summed E-state index contributed by atoms with van der Waals surface area (Å²) >= 11 is 0. The molecule has 2 aromatic carbocycles. The molecule has 1 aromatic heterocycles. The Morgan fingerprint density at radius 1 is 0.956 bits per heavy atom. The second kappa shape index (κ2) is 11.6. The molecule has 1 N–H and O–H groups in total. The van der Waals surface area contributed by atoms with Gasteiger partial charge in [-0.25, -0.2) is 22.9 Å². The predicted octanol–water partition coefficient (Wildman–Crippen LogP) is 5.18. The van der Waals surface area contributed by atoms with Gasteiger partial charge in [0.25, 0.3) is 15.9 Å². The van der Waals surface area contributed by atoms with Gasteiger partial charge in [0.15, 0.2) is 0 Å². The van der Waals surface area contributed by atoms with Crippen molar-refractivity contribution < 1.29 is 27.5 Å². The maximum absolute atomic E-state index is 14.4. The molecule has 0 unspecified atom stereocenters. The lowest BCUT2D eigenvalue weighted by Crippen LogP contribution is -2.60. The number of rotatable bonds is 4. The Labute approximate surface area is 264 Å². The van der Waals surface area contributed by atoms with E-state index in [2.05, 4.69) is 35.5 Å². The minimum Gasteiger partial charge on any atom is -0.475 e. The number of ether oxygens (including phenoxy) is 2. The van der Waals surface area contributed by atoms with Gasteiger partial charge >= 0.3 is 6.09 Å². The normalized spacial score (nSPS) is 23.1. The van der Waals surface area contributed by atoms with Crippen LogP contribution in [0.4, 0.5) is 10.7 Å². The second-order valence-corrected chi connectivity index (χ2v) is 15.0. The van der Waals surface area contributed by atoms with E-state index in [9.17, 15) is 18.0 Å². The number of carbonyl (C=O) groups is 2. The molecule has 2 amide bonds.